The quantitative estimate of drug-likeness (QED) is 0.703. The smallest absolute Gasteiger partial charge is 0.0900 e. The van der Waals surface area contributed by atoms with Crippen LogP contribution in [-0.2, 0) is 4.74 Å². The molecule has 0 bridgehead atoms. The van der Waals surface area contributed by atoms with Crippen LogP contribution in [0.4, 0.5) is 0 Å². The van der Waals surface area contributed by atoms with Crippen molar-refractivity contribution < 1.29 is 9.84 Å². The number of piperazine rings is 1. The molecule has 0 aliphatic carbocycles. The van der Waals surface area contributed by atoms with Crippen molar-refractivity contribution >= 4 is 0 Å². The van der Waals surface area contributed by atoms with E-state index in [0.717, 1.165) is 32.7 Å². The van der Waals surface area contributed by atoms with Crippen molar-refractivity contribution in [2.24, 2.45) is 0 Å². The third kappa shape index (κ3) is 5.47. The second-order valence-corrected chi connectivity index (χ2v) is 4.64. The molecule has 0 saturated carbocycles. The number of likely N-dealkylation sites (N-methyl/N-ethyl adjacent to an activating group) is 1. The summed E-state index contributed by atoms with van der Waals surface area (Å²) in [4.78, 5) is 4.61. The van der Waals surface area contributed by atoms with Crippen molar-refractivity contribution in [1.29, 1.82) is 0 Å². The van der Waals surface area contributed by atoms with Gasteiger partial charge in [-0.1, -0.05) is 0 Å². The first-order chi connectivity index (χ1) is 7.08. The predicted molar refractivity (Wildman–Crippen MR) is 61.0 cm³/mol. The molecule has 1 unspecified atom stereocenters. The Hall–Kier alpha value is -0.160. The highest BCUT2D eigenvalue weighted by molar-refractivity contribution is 4.72. The molecule has 1 heterocycles. The van der Waals surface area contributed by atoms with Crippen LogP contribution in [0.15, 0.2) is 0 Å². The molecule has 1 rings (SSSR count). The molecule has 1 saturated heterocycles. The van der Waals surface area contributed by atoms with E-state index >= 15 is 0 Å². The molecule has 15 heavy (non-hydrogen) atoms. The third-order valence-corrected chi connectivity index (χ3v) is 2.69. The fourth-order valence-corrected chi connectivity index (χ4v) is 1.68. The zero-order valence-corrected chi connectivity index (χ0v) is 10.1. The number of nitrogens with zero attached hydrogens (tertiary/aromatic N) is 2. The summed E-state index contributed by atoms with van der Waals surface area (Å²) in [6.07, 6.45) is -0.150. The van der Waals surface area contributed by atoms with E-state index in [1.807, 2.05) is 13.8 Å². The molecule has 0 spiro atoms. The van der Waals surface area contributed by atoms with Crippen molar-refractivity contribution in [3.8, 4) is 0 Å². The van der Waals surface area contributed by atoms with Crippen molar-refractivity contribution in [2.75, 3.05) is 46.4 Å². The number of β-amino-alcohol motifs (C(OH)–C–C–N with tert-alkyl or cyclic N) is 1. The van der Waals surface area contributed by atoms with Gasteiger partial charge in [0.1, 0.15) is 0 Å². The summed E-state index contributed by atoms with van der Waals surface area (Å²) in [6.45, 7) is 9.45. The lowest BCUT2D eigenvalue weighted by molar-refractivity contribution is -0.0134. The minimum atomic E-state index is -0.351. The van der Waals surface area contributed by atoms with Crippen LogP contribution in [0.2, 0.25) is 0 Å². The maximum Gasteiger partial charge on any atom is 0.0900 e. The van der Waals surface area contributed by atoms with Gasteiger partial charge in [0.15, 0.2) is 0 Å². The van der Waals surface area contributed by atoms with Gasteiger partial charge >= 0.3 is 0 Å². The fourth-order valence-electron chi connectivity index (χ4n) is 1.68. The summed E-state index contributed by atoms with van der Waals surface area (Å²) < 4.78 is 5.38. The van der Waals surface area contributed by atoms with E-state index in [1.54, 1.807) is 0 Å². The summed E-state index contributed by atoms with van der Waals surface area (Å²) in [5.41, 5.74) is 0. The number of aliphatic hydroxyl groups is 1. The van der Waals surface area contributed by atoms with Gasteiger partial charge in [-0.3, -0.25) is 4.90 Å². The molecule has 1 aliphatic rings. The number of hydrogen-bond donors (Lipinski definition) is 1. The number of aliphatic hydroxyl groups excluding tert-OH is 1. The zero-order chi connectivity index (χ0) is 11.3. The molecule has 90 valence electrons. The van der Waals surface area contributed by atoms with Gasteiger partial charge in [-0.2, -0.15) is 0 Å². The first-order valence-electron chi connectivity index (χ1n) is 5.78. The summed E-state index contributed by atoms with van der Waals surface area (Å²) >= 11 is 0. The highest BCUT2D eigenvalue weighted by Gasteiger charge is 2.17. The lowest BCUT2D eigenvalue weighted by Crippen LogP contribution is -2.47. The standard InChI is InChI=1S/C11H24N2O2/c1-10(2)15-9-11(14)8-13-6-4-12(3)5-7-13/h10-11,14H,4-9H2,1-3H3. The van der Waals surface area contributed by atoms with Crippen LogP contribution in [0, 0.1) is 0 Å². The highest BCUT2D eigenvalue weighted by Crippen LogP contribution is 2.01. The molecule has 0 amide bonds. The molecule has 1 atom stereocenters. The Labute approximate surface area is 92.8 Å². The van der Waals surface area contributed by atoms with Gasteiger partial charge in [0, 0.05) is 32.7 Å². The molecular weight excluding hydrogens is 192 g/mol. The maximum atomic E-state index is 9.74. The van der Waals surface area contributed by atoms with Crippen LogP contribution >= 0.6 is 0 Å². The van der Waals surface area contributed by atoms with E-state index in [1.165, 1.54) is 0 Å². The van der Waals surface area contributed by atoms with Crippen molar-refractivity contribution in [3.05, 3.63) is 0 Å². The van der Waals surface area contributed by atoms with Crippen LogP contribution in [0.3, 0.4) is 0 Å². The van der Waals surface area contributed by atoms with Crippen molar-refractivity contribution in [1.82, 2.24) is 9.80 Å². The van der Waals surface area contributed by atoms with Crippen LogP contribution < -0.4 is 0 Å². The Balaban J connectivity index is 2.12. The predicted octanol–water partition coefficient (Wildman–Crippen LogP) is 0.0197. The summed E-state index contributed by atoms with van der Waals surface area (Å²) in [6, 6.07) is 0. The second kappa shape index (κ2) is 6.43. The SMILES string of the molecule is CC(C)OCC(O)CN1CCN(C)CC1. The van der Waals surface area contributed by atoms with Crippen LogP contribution in [0.1, 0.15) is 13.8 Å². The van der Waals surface area contributed by atoms with Gasteiger partial charge in [0.25, 0.3) is 0 Å². The van der Waals surface area contributed by atoms with E-state index in [9.17, 15) is 5.11 Å². The summed E-state index contributed by atoms with van der Waals surface area (Å²) in [5, 5.41) is 9.74. The van der Waals surface area contributed by atoms with Gasteiger partial charge in [-0.15, -0.1) is 0 Å². The van der Waals surface area contributed by atoms with Crippen LogP contribution in [0.5, 0.6) is 0 Å². The Morgan fingerprint density at radius 2 is 1.80 bits per heavy atom. The van der Waals surface area contributed by atoms with Gasteiger partial charge in [-0.25, -0.2) is 0 Å². The van der Waals surface area contributed by atoms with E-state index in [-0.39, 0.29) is 12.2 Å². The second-order valence-electron chi connectivity index (χ2n) is 4.64. The number of ether oxygens (including phenoxy) is 1. The molecule has 1 N–H and O–H groups in total. The molecule has 0 aromatic heterocycles. The Morgan fingerprint density at radius 3 is 2.33 bits per heavy atom. The van der Waals surface area contributed by atoms with Gasteiger partial charge in [-0.05, 0) is 20.9 Å². The van der Waals surface area contributed by atoms with E-state index in [4.69, 9.17) is 4.74 Å². The van der Waals surface area contributed by atoms with Gasteiger partial charge in [0.05, 0.1) is 18.8 Å². The topological polar surface area (TPSA) is 35.9 Å². The van der Waals surface area contributed by atoms with E-state index in [2.05, 4.69) is 16.8 Å². The van der Waals surface area contributed by atoms with E-state index in [0.29, 0.717) is 6.61 Å². The molecule has 1 aliphatic heterocycles. The van der Waals surface area contributed by atoms with Crippen molar-refractivity contribution in [3.63, 3.8) is 0 Å². The molecule has 1 fully saturated rings. The van der Waals surface area contributed by atoms with Crippen molar-refractivity contribution in [2.45, 2.75) is 26.1 Å². The first kappa shape index (κ1) is 12.9. The molecule has 0 radical (unpaired) electrons. The monoisotopic (exact) mass is 216 g/mol. The lowest BCUT2D eigenvalue weighted by Gasteiger charge is -2.33. The maximum absolute atomic E-state index is 9.74. The molecule has 0 aromatic carbocycles. The Bertz CT molecular complexity index is 168. The summed E-state index contributed by atoms with van der Waals surface area (Å²) in [7, 11) is 2.13. The first-order valence-corrected chi connectivity index (χ1v) is 5.78. The van der Waals surface area contributed by atoms with E-state index < -0.39 is 0 Å². The Morgan fingerprint density at radius 1 is 1.20 bits per heavy atom. The zero-order valence-electron chi connectivity index (χ0n) is 10.1. The third-order valence-electron chi connectivity index (χ3n) is 2.69. The Kier molecular flexibility index (Phi) is 5.53. The fraction of sp³-hybridized carbons (Fsp3) is 1.00. The van der Waals surface area contributed by atoms with Crippen LogP contribution in [-0.4, -0.2) is 73.5 Å². The average Bonchev–Trinajstić information content (AvgIpc) is 2.19. The van der Waals surface area contributed by atoms with Gasteiger partial charge < -0.3 is 14.7 Å². The van der Waals surface area contributed by atoms with Crippen LogP contribution in [0.25, 0.3) is 0 Å². The molecule has 4 heteroatoms. The molecule has 4 nitrogen and oxygen atoms in total. The molecule has 0 aromatic rings. The average molecular weight is 216 g/mol. The number of hydrogen-bond acceptors (Lipinski definition) is 4. The minimum Gasteiger partial charge on any atom is -0.389 e. The van der Waals surface area contributed by atoms with Gasteiger partial charge in [0.2, 0.25) is 0 Å². The highest BCUT2D eigenvalue weighted by atomic mass is 16.5. The normalized spacial score (nSPS) is 22.2. The summed E-state index contributed by atoms with van der Waals surface area (Å²) in [5.74, 6) is 0. The largest absolute Gasteiger partial charge is 0.389 e. The number of rotatable bonds is 5. The lowest BCUT2D eigenvalue weighted by atomic mass is 10.3. The minimum absolute atomic E-state index is 0.201. The molecular formula is C11H24N2O2.